The van der Waals surface area contributed by atoms with Crippen molar-refractivity contribution in [2.24, 2.45) is 0 Å². The first-order valence-corrected chi connectivity index (χ1v) is 6.58. The summed E-state index contributed by atoms with van der Waals surface area (Å²) in [6.07, 6.45) is -5.91. The highest BCUT2D eigenvalue weighted by Gasteiger charge is 2.38. The maximum atomic E-state index is 9.88. The molecule has 6 nitrogen and oxygen atoms in total. The number of ether oxygens (including phenoxy) is 2. The van der Waals surface area contributed by atoms with Crippen molar-refractivity contribution in [3.8, 4) is 0 Å². The van der Waals surface area contributed by atoms with Crippen LogP contribution < -0.4 is 0 Å². The Kier molecular flexibility index (Phi) is 5.34. The van der Waals surface area contributed by atoms with E-state index in [0.717, 1.165) is 0 Å². The average Bonchev–Trinajstić information content (AvgIpc) is 2.60. The van der Waals surface area contributed by atoms with Crippen LogP contribution in [0.15, 0.2) is 24.3 Å². The Bertz CT molecular complexity index is 425. The predicted octanol–water partition coefficient (Wildman–Crippen LogP) is -0.171. The van der Waals surface area contributed by atoms with Gasteiger partial charge in [-0.1, -0.05) is 23.7 Å². The number of benzene rings is 1. The number of hydrogen-bond donors (Lipinski definition) is 4. The third-order valence-electron chi connectivity index (χ3n) is 3.14. The van der Waals surface area contributed by atoms with E-state index >= 15 is 0 Å². The molecule has 4 N–H and O–H groups in total. The Morgan fingerprint density at radius 1 is 1.25 bits per heavy atom. The first-order valence-electron chi connectivity index (χ1n) is 6.20. The summed E-state index contributed by atoms with van der Waals surface area (Å²) in [6.45, 7) is -0.745. The van der Waals surface area contributed by atoms with Crippen molar-refractivity contribution in [2.45, 2.75) is 30.7 Å². The second-order valence-corrected chi connectivity index (χ2v) is 5.06. The van der Waals surface area contributed by atoms with Gasteiger partial charge in [0.2, 0.25) is 0 Å². The van der Waals surface area contributed by atoms with Gasteiger partial charge in [0.1, 0.15) is 24.4 Å². The summed E-state index contributed by atoms with van der Waals surface area (Å²) in [5.74, 6) is 0. The van der Waals surface area contributed by atoms with Crippen LogP contribution in [0.1, 0.15) is 11.9 Å². The van der Waals surface area contributed by atoms with Gasteiger partial charge in [0.05, 0.1) is 13.2 Å². The van der Waals surface area contributed by atoms with Crippen LogP contribution in [0.4, 0.5) is 0 Å². The van der Waals surface area contributed by atoms with E-state index in [2.05, 4.69) is 0 Å². The Hall–Kier alpha value is -0.730. The smallest absolute Gasteiger partial charge is 0.184 e. The van der Waals surface area contributed by atoms with E-state index in [-0.39, 0.29) is 6.61 Å². The molecule has 0 amide bonds. The molecule has 1 fully saturated rings. The van der Waals surface area contributed by atoms with Crippen molar-refractivity contribution in [3.05, 3.63) is 34.9 Å². The van der Waals surface area contributed by atoms with Crippen LogP contribution in [0.25, 0.3) is 0 Å². The summed E-state index contributed by atoms with van der Waals surface area (Å²) in [5.41, 5.74) is 0.630. The van der Waals surface area contributed by atoms with E-state index in [9.17, 15) is 15.3 Å². The van der Waals surface area contributed by atoms with Crippen LogP contribution in [-0.4, -0.2) is 58.1 Å². The molecule has 112 valence electrons. The molecule has 5 atom stereocenters. The fourth-order valence-electron chi connectivity index (χ4n) is 1.98. The predicted molar refractivity (Wildman–Crippen MR) is 70.1 cm³/mol. The Morgan fingerprint density at radius 2 is 1.90 bits per heavy atom. The summed E-state index contributed by atoms with van der Waals surface area (Å²) < 4.78 is 10.9. The lowest BCUT2D eigenvalue weighted by atomic mass is 10.0. The fraction of sp³-hybridized carbons (Fsp3) is 0.538. The molecule has 0 spiro atoms. The zero-order chi connectivity index (χ0) is 14.7. The zero-order valence-corrected chi connectivity index (χ0v) is 11.3. The van der Waals surface area contributed by atoms with Gasteiger partial charge in [-0.25, -0.2) is 0 Å². The molecule has 1 aliphatic heterocycles. The maximum absolute atomic E-state index is 9.88. The second-order valence-electron chi connectivity index (χ2n) is 4.63. The van der Waals surface area contributed by atoms with Gasteiger partial charge in [-0.3, -0.25) is 0 Å². The van der Waals surface area contributed by atoms with Crippen molar-refractivity contribution < 1.29 is 29.9 Å². The van der Waals surface area contributed by atoms with Crippen LogP contribution in [0.5, 0.6) is 0 Å². The van der Waals surface area contributed by atoms with E-state index in [1.807, 2.05) is 0 Å². The molecule has 0 aromatic heterocycles. The normalized spacial score (nSPS) is 32.6. The van der Waals surface area contributed by atoms with E-state index in [0.29, 0.717) is 10.6 Å². The van der Waals surface area contributed by atoms with Crippen LogP contribution in [-0.2, 0) is 9.47 Å². The summed E-state index contributed by atoms with van der Waals surface area (Å²) in [4.78, 5) is 0. The standard InChI is InChI=1S/C13H17ClO6/c14-8-3-1-7(2-4-8)13-19-6-10(17)11(18)12(20-13)9(16)5-15/h1-4,9-13,15-18H,5-6H2/t9-,10+,11-,12-,13?/m1/s1. The highest BCUT2D eigenvalue weighted by atomic mass is 35.5. The molecule has 1 unspecified atom stereocenters. The summed E-state index contributed by atoms with van der Waals surface area (Å²) in [7, 11) is 0. The van der Waals surface area contributed by atoms with Gasteiger partial charge in [0.15, 0.2) is 6.29 Å². The molecular weight excluding hydrogens is 288 g/mol. The minimum absolute atomic E-state index is 0.150. The van der Waals surface area contributed by atoms with Crippen molar-refractivity contribution in [3.63, 3.8) is 0 Å². The largest absolute Gasteiger partial charge is 0.394 e. The molecule has 0 aliphatic carbocycles. The number of hydrogen-bond acceptors (Lipinski definition) is 6. The average molecular weight is 305 g/mol. The molecule has 2 rings (SSSR count). The molecule has 1 aromatic rings. The molecular formula is C13H17ClO6. The topological polar surface area (TPSA) is 99.4 Å². The molecule has 1 aliphatic rings. The molecule has 1 heterocycles. The lowest BCUT2D eigenvalue weighted by Crippen LogP contribution is -2.47. The van der Waals surface area contributed by atoms with E-state index in [4.69, 9.17) is 26.2 Å². The highest BCUT2D eigenvalue weighted by molar-refractivity contribution is 6.30. The SMILES string of the molecule is OC[C@@H](O)[C@H]1OC(c2ccc(Cl)cc2)OC[C@H](O)[C@H]1O. The maximum Gasteiger partial charge on any atom is 0.184 e. The highest BCUT2D eigenvalue weighted by Crippen LogP contribution is 2.28. The Morgan fingerprint density at radius 3 is 2.50 bits per heavy atom. The van der Waals surface area contributed by atoms with Crippen LogP contribution >= 0.6 is 11.6 Å². The van der Waals surface area contributed by atoms with Gasteiger partial charge in [0.25, 0.3) is 0 Å². The number of aliphatic hydroxyl groups excluding tert-OH is 4. The van der Waals surface area contributed by atoms with Gasteiger partial charge in [0, 0.05) is 10.6 Å². The van der Waals surface area contributed by atoms with E-state index in [1.165, 1.54) is 0 Å². The quantitative estimate of drug-likeness (QED) is 0.619. The van der Waals surface area contributed by atoms with E-state index < -0.39 is 37.3 Å². The van der Waals surface area contributed by atoms with Crippen molar-refractivity contribution in [2.75, 3.05) is 13.2 Å². The third-order valence-corrected chi connectivity index (χ3v) is 3.39. The Balaban J connectivity index is 2.20. The number of rotatable bonds is 3. The minimum Gasteiger partial charge on any atom is -0.394 e. The van der Waals surface area contributed by atoms with Gasteiger partial charge < -0.3 is 29.9 Å². The summed E-state index contributed by atoms with van der Waals surface area (Å²) in [5, 5.41) is 38.8. The Labute approximate surface area is 121 Å². The van der Waals surface area contributed by atoms with Gasteiger partial charge in [-0.05, 0) is 12.1 Å². The zero-order valence-electron chi connectivity index (χ0n) is 10.6. The molecule has 0 saturated carbocycles. The molecule has 0 bridgehead atoms. The molecule has 1 saturated heterocycles. The molecule has 1 aromatic carbocycles. The molecule has 0 radical (unpaired) electrons. The lowest BCUT2D eigenvalue weighted by Gasteiger charge is -2.27. The minimum atomic E-state index is -1.35. The van der Waals surface area contributed by atoms with Crippen LogP contribution in [0.3, 0.4) is 0 Å². The number of halogens is 1. The van der Waals surface area contributed by atoms with Crippen LogP contribution in [0.2, 0.25) is 5.02 Å². The van der Waals surface area contributed by atoms with E-state index in [1.54, 1.807) is 24.3 Å². The molecule has 7 heteroatoms. The summed E-state index contributed by atoms with van der Waals surface area (Å²) in [6, 6.07) is 6.66. The molecule has 20 heavy (non-hydrogen) atoms. The van der Waals surface area contributed by atoms with Gasteiger partial charge >= 0.3 is 0 Å². The summed E-state index contributed by atoms with van der Waals surface area (Å²) >= 11 is 5.80. The van der Waals surface area contributed by atoms with Crippen molar-refractivity contribution >= 4 is 11.6 Å². The monoisotopic (exact) mass is 304 g/mol. The third kappa shape index (κ3) is 3.48. The number of aliphatic hydroxyl groups is 4. The first-order chi connectivity index (χ1) is 9.52. The fourth-order valence-corrected chi connectivity index (χ4v) is 2.11. The van der Waals surface area contributed by atoms with Gasteiger partial charge in [-0.2, -0.15) is 0 Å². The van der Waals surface area contributed by atoms with Crippen LogP contribution in [0, 0.1) is 0 Å². The van der Waals surface area contributed by atoms with Crippen molar-refractivity contribution in [1.82, 2.24) is 0 Å². The van der Waals surface area contributed by atoms with Crippen molar-refractivity contribution in [1.29, 1.82) is 0 Å². The first kappa shape index (κ1) is 15.7. The lowest BCUT2D eigenvalue weighted by molar-refractivity contribution is -0.199. The van der Waals surface area contributed by atoms with Gasteiger partial charge in [-0.15, -0.1) is 0 Å². The second kappa shape index (κ2) is 6.82.